The van der Waals surface area contributed by atoms with E-state index in [1.54, 1.807) is 6.92 Å². The molecule has 3 N–H and O–H groups in total. The number of rotatable bonds is 3. The molecular weight excluding hydrogens is 254 g/mol. The Morgan fingerprint density at radius 3 is 2.57 bits per heavy atom. The molecule has 1 amide bonds. The molecule has 0 spiro atoms. The zero-order valence-electron chi connectivity index (χ0n) is 7.32. The van der Waals surface area contributed by atoms with E-state index in [9.17, 15) is 9.59 Å². The van der Waals surface area contributed by atoms with Crippen LogP contribution in [0.1, 0.15) is 16.2 Å². The number of carbonyl (C=O) groups excluding carboxylic acids is 1. The van der Waals surface area contributed by atoms with Crippen LogP contribution in [0.15, 0.2) is 4.47 Å². The Bertz CT molecular complexity index is 399. The van der Waals surface area contributed by atoms with Crippen LogP contribution in [0.3, 0.4) is 0 Å². The number of aliphatic carboxylic acids is 1. The molecule has 0 radical (unpaired) electrons. The Labute approximate surface area is 87.8 Å². The summed E-state index contributed by atoms with van der Waals surface area (Å²) >= 11 is 3.11. The maximum atomic E-state index is 10.8. The van der Waals surface area contributed by atoms with Crippen LogP contribution in [-0.2, 0) is 11.3 Å². The van der Waals surface area contributed by atoms with Crippen molar-refractivity contribution in [3.63, 3.8) is 0 Å². The largest absolute Gasteiger partial charge is 0.480 e. The molecule has 76 valence electrons. The number of hydrogen-bond donors (Lipinski definition) is 2. The maximum Gasteiger partial charge on any atom is 0.325 e. The van der Waals surface area contributed by atoms with Gasteiger partial charge in [0.15, 0.2) is 5.69 Å². The molecule has 1 rings (SSSR count). The highest BCUT2D eigenvalue weighted by atomic mass is 79.9. The van der Waals surface area contributed by atoms with Gasteiger partial charge in [0.25, 0.3) is 5.91 Å². The topological polar surface area (TPSA) is 98.2 Å². The van der Waals surface area contributed by atoms with Crippen molar-refractivity contribution in [3.05, 3.63) is 15.9 Å². The predicted octanol–water partition coefficient (Wildman–Crippen LogP) is 0.138. The number of aromatic nitrogens is 2. The van der Waals surface area contributed by atoms with Crippen molar-refractivity contribution in [2.24, 2.45) is 5.73 Å². The van der Waals surface area contributed by atoms with E-state index in [2.05, 4.69) is 21.0 Å². The molecular formula is C7H8BrN3O3. The summed E-state index contributed by atoms with van der Waals surface area (Å²) in [5.74, 6) is -1.72. The quantitative estimate of drug-likeness (QED) is 0.809. The van der Waals surface area contributed by atoms with Gasteiger partial charge in [0.2, 0.25) is 0 Å². The van der Waals surface area contributed by atoms with Gasteiger partial charge in [-0.3, -0.25) is 14.3 Å². The van der Waals surface area contributed by atoms with Crippen molar-refractivity contribution in [1.82, 2.24) is 9.78 Å². The number of carboxylic acid groups (broad SMARTS) is 1. The number of carboxylic acids is 1. The van der Waals surface area contributed by atoms with Crippen LogP contribution in [0, 0.1) is 6.92 Å². The molecule has 14 heavy (non-hydrogen) atoms. The van der Waals surface area contributed by atoms with Gasteiger partial charge in [-0.1, -0.05) is 0 Å². The molecule has 0 aromatic carbocycles. The van der Waals surface area contributed by atoms with Crippen molar-refractivity contribution in [1.29, 1.82) is 0 Å². The molecule has 0 aliphatic rings. The van der Waals surface area contributed by atoms with E-state index in [0.717, 1.165) is 0 Å². The summed E-state index contributed by atoms with van der Waals surface area (Å²) in [5.41, 5.74) is 5.64. The second-order valence-electron chi connectivity index (χ2n) is 2.66. The summed E-state index contributed by atoms with van der Waals surface area (Å²) in [5, 5.41) is 12.3. The van der Waals surface area contributed by atoms with Crippen LogP contribution in [0.25, 0.3) is 0 Å². The molecule has 1 heterocycles. The summed E-state index contributed by atoms with van der Waals surface area (Å²) in [7, 11) is 0. The maximum absolute atomic E-state index is 10.8. The van der Waals surface area contributed by atoms with E-state index in [0.29, 0.717) is 10.2 Å². The Morgan fingerprint density at radius 1 is 1.64 bits per heavy atom. The van der Waals surface area contributed by atoms with E-state index < -0.39 is 11.9 Å². The average Bonchev–Trinajstić information content (AvgIpc) is 2.32. The summed E-state index contributed by atoms with van der Waals surface area (Å²) in [6.45, 7) is 1.35. The second kappa shape index (κ2) is 3.79. The number of carbonyl (C=O) groups is 2. The molecule has 7 heteroatoms. The fraction of sp³-hybridized carbons (Fsp3) is 0.286. The predicted molar refractivity (Wildman–Crippen MR) is 50.8 cm³/mol. The van der Waals surface area contributed by atoms with Gasteiger partial charge in [0, 0.05) is 0 Å². The van der Waals surface area contributed by atoms with Gasteiger partial charge in [-0.2, -0.15) is 5.10 Å². The summed E-state index contributed by atoms with van der Waals surface area (Å²) in [4.78, 5) is 21.3. The minimum Gasteiger partial charge on any atom is -0.480 e. The van der Waals surface area contributed by atoms with Gasteiger partial charge in [0.05, 0.1) is 10.2 Å². The zero-order valence-corrected chi connectivity index (χ0v) is 8.91. The molecule has 0 aliphatic heterocycles. The number of hydrogen-bond acceptors (Lipinski definition) is 3. The van der Waals surface area contributed by atoms with Gasteiger partial charge in [-0.15, -0.1) is 0 Å². The Morgan fingerprint density at radius 2 is 2.21 bits per heavy atom. The molecule has 0 saturated heterocycles. The first kappa shape index (κ1) is 10.7. The molecule has 0 fully saturated rings. The lowest BCUT2D eigenvalue weighted by atomic mass is 10.3. The SMILES string of the molecule is Cc1c(Br)c(C(N)=O)nn1CC(=O)O. The van der Waals surface area contributed by atoms with Crippen LogP contribution in [0.4, 0.5) is 0 Å². The molecule has 0 atom stereocenters. The van der Waals surface area contributed by atoms with Gasteiger partial charge in [-0.25, -0.2) is 0 Å². The average molecular weight is 262 g/mol. The second-order valence-corrected chi connectivity index (χ2v) is 3.46. The number of amides is 1. The van der Waals surface area contributed by atoms with E-state index in [1.165, 1.54) is 4.68 Å². The summed E-state index contributed by atoms with van der Waals surface area (Å²) in [6, 6.07) is 0. The summed E-state index contributed by atoms with van der Waals surface area (Å²) in [6.07, 6.45) is 0. The van der Waals surface area contributed by atoms with Crippen LogP contribution < -0.4 is 5.73 Å². The lowest BCUT2D eigenvalue weighted by Crippen LogP contribution is -2.15. The fourth-order valence-electron chi connectivity index (χ4n) is 0.964. The zero-order chi connectivity index (χ0) is 10.9. The normalized spacial score (nSPS) is 10.1. The molecule has 0 bridgehead atoms. The standard InChI is InChI=1S/C7H8BrN3O3/c1-3-5(8)6(7(9)14)10-11(3)2-4(12)13/h2H2,1H3,(H2,9,14)(H,12,13). The van der Waals surface area contributed by atoms with Crippen molar-refractivity contribution in [2.45, 2.75) is 13.5 Å². The van der Waals surface area contributed by atoms with Gasteiger partial charge < -0.3 is 10.8 Å². The Kier molecular flexibility index (Phi) is 2.90. The van der Waals surface area contributed by atoms with Crippen LogP contribution in [-0.4, -0.2) is 26.8 Å². The first-order valence-electron chi connectivity index (χ1n) is 3.68. The third kappa shape index (κ3) is 1.92. The molecule has 6 nitrogen and oxygen atoms in total. The molecule has 1 aromatic heterocycles. The lowest BCUT2D eigenvalue weighted by molar-refractivity contribution is -0.137. The first-order valence-corrected chi connectivity index (χ1v) is 4.47. The highest BCUT2D eigenvalue weighted by molar-refractivity contribution is 9.10. The van der Waals surface area contributed by atoms with Crippen LogP contribution >= 0.6 is 15.9 Å². The van der Waals surface area contributed by atoms with E-state index in [4.69, 9.17) is 10.8 Å². The fourth-order valence-corrected chi connectivity index (χ4v) is 1.44. The number of primary amides is 1. The third-order valence-electron chi connectivity index (χ3n) is 1.65. The third-order valence-corrected chi connectivity index (χ3v) is 2.60. The minimum absolute atomic E-state index is 0.0451. The number of nitrogens with zero attached hydrogens (tertiary/aromatic N) is 2. The number of nitrogens with two attached hydrogens (primary N) is 1. The van der Waals surface area contributed by atoms with Gasteiger partial charge in [0.1, 0.15) is 6.54 Å². The Balaban J connectivity index is 3.15. The number of halogens is 1. The molecule has 0 aliphatic carbocycles. The van der Waals surface area contributed by atoms with Crippen LogP contribution in [0.2, 0.25) is 0 Å². The van der Waals surface area contributed by atoms with Crippen LogP contribution in [0.5, 0.6) is 0 Å². The highest BCUT2D eigenvalue weighted by Gasteiger charge is 2.17. The van der Waals surface area contributed by atoms with Crippen molar-refractivity contribution in [3.8, 4) is 0 Å². The van der Waals surface area contributed by atoms with Crippen molar-refractivity contribution >= 4 is 27.8 Å². The van der Waals surface area contributed by atoms with Gasteiger partial charge >= 0.3 is 5.97 Å². The smallest absolute Gasteiger partial charge is 0.325 e. The van der Waals surface area contributed by atoms with Crippen molar-refractivity contribution < 1.29 is 14.7 Å². The first-order chi connectivity index (χ1) is 6.43. The molecule has 1 aromatic rings. The monoisotopic (exact) mass is 261 g/mol. The van der Waals surface area contributed by atoms with Crippen molar-refractivity contribution in [2.75, 3.05) is 0 Å². The molecule has 0 unspecified atom stereocenters. The minimum atomic E-state index is -1.03. The lowest BCUT2D eigenvalue weighted by Gasteiger charge is -1.97. The molecule has 0 saturated carbocycles. The van der Waals surface area contributed by atoms with Gasteiger partial charge in [-0.05, 0) is 22.9 Å². The van der Waals surface area contributed by atoms with E-state index >= 15 is 0 Å². The van der Waals surface area contributed by atoms with E-state index in [-0.39, 0.29) is 12.2 Å². The summed E-state index contributed by atoms with van der Waals surface area (Å²) < 4.78 is 1.64. The Hall–Kier alpha value is -1.37. The van der Waals surface area contributed by atoms with E-state index in [1.807, 2.05) is 0 Å². The highest BCUT2D eigenvalue weighted by Crippen LogP contribution is 2.20.